The second kappa shape index (κ2) is 8.90. The van der Waals surface area contributed by atoms with Gasteiger partial charge in [0.05, 0.1) is 17.7 Å². The smallest absolute Gasteiger partial charge is 0.229 e. The van der Waals surface area contributed by atoms with Crippen LogP contribution in [0.1, 0.15) is 43.2 Å². The van der Waals surface area contributed by atoms with E-state index in [4.69, 9.17) is 4.84 Å². The van der Waals surface area contributed by atoms with Gasteiger partial charge in [0.15, 0.2) is 0 Å². The number of carbonyl (C=O) groups excluding carboxylic acids is 1. The van der Waals surface area contributed by atoms with Crippen molar-refractivity contribution in [2.75, 3.05) is 11.0 Å². The summed E-state index contributed by atoms with van der Waals surface area (Å²) in [6.45, 7) is 0.175. The first-order valence-corrected chi connectivity index (χ1v) is 12.5. The average molecular weight is 460 g/mol. The molecule has 32 heavy (non-hydrogen) atoms. The standard InChI is InChI=1S/C23H26FN3O4S/c1-32(29,30)27-20-8-7-16(13-19(20)24)15-25-22(28)18-9-11-23(12-10-18)14-21(26-31-23)17-5-3-2-4-6-17/h2-8,13,18,27H,9-12,14-15H2,1H3,(H,25,28). The lowest BCUT2D eigenvalue weighted by molar-refractivity contribution is -0.129. The topological polar surface area (TPSA) is 96.9 Å². The van der Waals surface area contributed by atoms with Crippen LogP contribution in [0, 0.1) is 11.7 Å². The molecule has 2 aromatic rings. The van der Waals surface area contributed by atoms with Crippen molar-refractivity contribution in [1.29, 1.82) is 0 Å². The fourth-order valence-electron chi connectivity index (χ4n) is 4.27. The van der Waals surface area contributed by atoms with Crippen molar-refractivity contribution in [3.8, 4) is 0 Å². The molecule has 1 aliphatic heterocycles. The van der Waals surface area contributed by atoms with Gasteiger partial charge in [0.1, 0.15) is 11.4 Å². The van der Waals surface area contributed by atoms with E-state index in [1.165, 1.54) is 12.1 Å². The Morgan fingerprint density at radius 3 is 2.56 bits per heavy atom. The lowest BCUT2D eigenvalue weighted by Crippen LogP contribution is -2.39. The third kappa shape index (κ3) is 5.27. The van der Waals surface area contributed by atoms with E-state index >= 15 is 0 Å². The number of anilines is 1. The molecule has 2 aliphatic rings. The number of hydrogen-bond acceptors (Lipinski definition) is 5. The Hall–Kier alpha value is -2.94. The van der Waals surface area contributed by atoms with Crippen molar-refractivity contribution >= 4 is 27.3 Å². The molecule has 0 atom stereocenters. The van der Waals surface area contributed by atoms with Crippen LogP contribution in [-0.4, -0.2) is 31.9 Å². The molecule has 1 aliphatic carbocycles. The first kappa shape index (κ1) is 22.3. The third-order valence-electron chi connectivity index (χ3n) is 6.01. The maximum absolute atomic E-state index is 14.1. The van der Waals surface area contributed by atoms with Gasteiger partial charge in [-0.15, -0.1) is 0 Å². The molecule has 0 saturated heterocycles. The van der Waals surface area contributed by atoms with Crippen molar-refractivity contribution < 1.29 is 22.4 Å². The summed E-state index contributed by atoms with van der Waals surface area (Å²) in [4.78, 5) is 18.5. The van der Waals surface area contributed by atoms with Crippen LogP contribution in [0.25, 0.3) is 0 Å². The minimum Gasteiger partial charge on any atom is -0.389 e. The van der Waals surface area contributed by atoms with Gasteiger partial charge < -0.3 is 10.2 Å². The van der Waals surface area contributed by atoms with Crippen LogP contribution in [0.5, 0.6) is 0 Å². The number of amides is 1. The maximum atomic E-state index is 14.1. The van der Waals surface area contributed by atoms with Crippen LogP contribution in [-0.2, 0) is 26.2 Å². The fourth-order valence-corrected chi connectivity index (χ4v) is 4.83. The summed E-state index contributed by atoms with van der Waals surface area (Å²) in [5, 5.41) is 7.17. The molecular weight excluding hydrogens is 433 g/mol. The normalized spacial score (nSPS) is 22.8. The number of sulfonamides is 1. The Balaban J connectivity index is 1.27. The van der Waals surface area contributed by atoms with Gasteiger partial charge in [-0.05, 0) is 48.9 Å². The molecule has 170 valence electrons. The number of oxime groups is 1. The van der Waals surface area contributed by atoms with Crippen LogP contribution in [0.15, 0.2) is 53.7 Å². The Kier molecular flexibility index (Phi) is 6.19. The average Bonchev–Trinajstić information content (AvgIpc) is 3.17. The summed E-state index contributed by atoms with van der Waals surface area (Å²) in [5.74, 6) is -0.879. The monoisotopic (exact) mass is 459 g/mol. The van der Waals surface area contributed by atoms with E-state index in [1.54, 1.807) is 6.07 Å². The largest absolute Gasteiger partial charge is 0.389 e. The third-order valence-corrected chi connectivity index (χ3v) is 6.60. The number of nitrogens with zero attached hydrogens (tertiary/aromatic N) is 1. The molecule has 1 amide bonds. The molecule has 1 spiro atoms. The summed E-state index contributed by atoms with van der Waals surface area (Å²) < 4.78 is 38.8. The van der Waals surface area contributed by atoms with Crippen LogP contribution in [0.3, 0.4) is 0 Å². The minimum absolute atomic E-state index is 0.0687. The zero-order chi connectivity index (χ0) is 22.8. The first-order valence-electron chi connectivity index (χ1n) is 10.6. The summed E-state index contributed by atoms with van der Waals surface area (Å²) in [6, 6.07) is 14.1. The highest BCUT2D eigenvalue weighted by Crippen LogP contribution is 2.41. The lowest BCUT2D eigenvalue weighted by atomic mass is 9.76. The van der Waals surface area contributed by atoms with Gasteiger partial charge in [-0.3, -0.25) is 9.52 Å². The fraction of sp³-hybridized carbons (Fsp3) is 0.391. The molecule has 0 aromatic heterocycles. The summed E-state index contributed by atoms with van der Waals surface area (Å²) in [5.41, 5.74) is 2.13. The van der Waals surface area contributed by atoms with E-state index in [9.17, 15) is 17.6 Å². The van der Waals surface area contributed by atoms with E-state index in [0.717, 1.165) is 36.8 Å². The Bertz CT molecular complexity index is 1130. The minimum atomic E-state index is -3.56. The van der Waals surface area contributed by atoms with Crippen molar-refractivity contribution in [3.63, 3.8) is 0 Å². The SMILES string of the molecule is CS(=O)(=O)Nc1ccc(CNC(=O)C2CCC3(CC2)CC(c2ccccc2)=NO3)cc1F. The number of hydrogen-bond donors (Lipinski definition) is 2. The highest BCUT2D eigenvalue weighted by molar-refractivity contribution is 7.92. The molecule has 1 heterocycles. The highest BCUT2D eigenvalue weighted by Gasteiger charge is 2.43. The molecule has 7 nitrogen and oxygen atoms in total. The zero-order valence-electron chi connectivity index (χ0n) is 17.8. The molecule has 9 heteroatoms. The Morgan fingerprint density at radius 2 is 1.91 bits per heavy atom. The van der Waals surface area contributed by atoms with Gasteiger partial charge in [-0.1, -0.05) is 41.6 Å². The number of nitrogens with one attached hydrogen (secondary N) is 2. The van der Waals surface area contributed by atoms with Crippen LogP contribution >= 0.6 is 0 Å². The number of halogens is 1. The predicted molar refractivity (Wildman–Crippen MR) is 120 cm³/mol. The summed E-state index contributed by atoms with van der Waals surface area (Å²) >= 11 is 0. The van der Waals surface area contributed by atoms with Crippen LogP contribution in [0.2, 0.25) is 0 Å². The van der Waals surface area contributed by atoms with Crippen LogP contribution in [0.4, 0.5) is 10.1 Å². The number of rotatable bonds is 6. The molecule has 1 fully saturated rings. The van der Waals surface area contributed by atoms with Crippen molar-refractivity contribution in [1.82, 2.24) is 5.32 Å². The highest BCUT2D eigenvalue weighted by atomic mass is 32.2. The lowest BCUT2D eigenvalue weighted by Gasteiger charge is -2.34. The molecule has 4 rings (SSSR count). The second-order valence-corrected chi connectivity index (χ2v) is 10.3. The van der Waals surface area contributed by atoms with E-state index in [-0.39, 0.29) is 29.7 Å². The van der Waals surface area contributed by atoms with Crippen molar-refractivity contribution in [3.05, 3.63) is 65.5 Å². The van der Waals surface area contributed by atoms with Crippen molar-refractivity contribution in [2.45, 2.75) is 44.2 Å². The first-order chi connectivity index (χ1) is 15.2. The van der Waals surface area contributed by atoms with Gasteiger partial charge in [0, 0.05) is 18.9 Å². The summed E-state index contributed by atoms with van der Waals surface area (Å²) in [6.07, 6.45) is 4.62. The molecule has 2 N–H and O–H groups in total. The quantitative estimate of drug-likeness (QED) is 0.690. The predicted octanol–water partition coefficient (Wildman–Crippen LogP) is 3.57. The molecule has 0 radical (unpaired) electrons. The summed E-state index contributed by atoms with van der Waals surface area (Å²) in [7, 11) is -3.56. The van der Waals surface area contributed by atoms with Gasteiger partial charge in [-0.25, -0.2) is 12.8 Å². The Labute approximate surface area is 187 Å². The molecule has 1 saturated carbocycles. The van der Waals surface area contributed by atoms with Gasteiger partial charge in [0.2, 0.25) is 15.9 Å². The molecule has 0 bridgehead atoms. The van der Waals surface area contributed by atoms with Gasteiger partial charge in [0.25, 0.3) is 0 Å². The van der Waals surface area contributed by atoms with Gasteiger partial charge in [-0.2, -0.15) is 0 Å². The van der Waals surface area contributed by atoms with Gasteiger partial charge >= 0.3 is 0 Å². The van der Waals surface area contributed by atoms with E-state index < -0.39 is 15.8 Å². The Morgan fingerprint density at radius 1 is 1.19 bits per heavy atom. The zero-order valence-corrected chi connectivity index (χ0v) is 18.6. The molecular formula is C23H26FN3O4S. The van der Waals surface area contributed by atoms with E-state index in [1.807, 2.05) is 30.3 Å². The maximum Gasteiger partial charge on any atom is 0.229 e. The van der Waals surface area contributed by atoms with Crippen molar-refractivity contribution in [2.24, 2.45) is 11.1 Å². The van der Waals surface area contributed by atoms with E-state index in [0.29, 0.717) is 18.4 Å². The van der Waals surface area contributed by atoms with Crippen LogP contribution < -0.4 is 10.0 Å². The molecule has 2 aromatic carbocycles. The number of carbonyl (C=O) groups is 1. The second-order valence-electron chi connectivity index (χ2n) is 8.54. The van der Waals surface area contributed by atoms with E-state index in [2.05, 4.69) is 15.2 Å². The number of benzene rings is 2. The molecule has 0 unspecified atom stereocenters.